The zero-order valence-electron chi connectivity index (χ0n) is 11.0. The third kappa shape index (κ3) is 3.26. The summed E-state index contributed by atoms with van der Waals surface area (Å²) >= 11 is 0. The summed E-state index contributed by atoms with van der Waals surface area (Å²) in [6.45, 7) is 2.45. The summed E-state index contributed by atoms with van der Waals surface area (Å²) < 4.78 is 43.0. The number of aryl methyl sites for hydroxylation is 1. The third-order valence-corrected chi connectivity index (χ3v) is 2.96. The van der Waals surface area contributed by atoms with Crippen molar-refractivity contribution in [3.05, 3.63) is 29.3 Å². The highest BCUT2D eigenvalue weighted by atomic mass is 19.4. The Bertz CT molecular complexity index is 481. The minimum Gasteiger partial charge on any atom is -0.496 e. The van der Waals surface area contributed by atoms with Gasteiger partial charge in [0, 0.05) is 12.0 Å². The summed E-state index contributed by atoms with van der Waals surface area (Å²) in [5.41, 5.74) is 3.46. The van der Waals surface area contributed by atoms with Gasteiger partial charge in [-0.2, -0.15) is 13.2 Å². The molecule has 19 heavy (non-hydrogen) atoms. The van der Waals surface area contributed by atoms with Crippen LogP contribution in [0.5, 0.6) is 5.75 Å². The van der Waals surface area contributed by atoms with E-state index in [0.717, 1.165) is 5.56 Å². The fraction of sp³-hybridized carbons (Fsp3) is 0.462. The number of carbonyl (C=O) groups is 1. The Labute approximate surface area is 109 Å². The van der Waals surface area contributed by atoms with Crippen LogP contribution in [0.1, 0.15) is 18.1 Å². The first-order valence-corrected chi connectivity index (χ1v) is 5.62. The van der Waals surface area contributed by atoms with Gasteiger partial charge in [-0.05, 0) is 19.9 Å². The molecule has 6 heteroatoms. The average Bonchev–Trinajstić information content (AvgIpc) is 2.27. The molecular weight excluding hydrogens is 259 g/mol. The van der Waals surface area contributed by atoms with E-state index in [1.54, 1.807) is 25.1 Å². The van der Waals surface area contributed by atoms with Crippen LogP contribution in [-0.4, -0.2) is 24.6 Å². The maximum atomic E-state index is 12.7. The Balaban J connectivity index is 3.03. The van der Waals surface area contributed by atoms with Gasteiger partial charge in [0.05, 0.1) is 7.11 Å². The lowest BCUT2D eigenvalue weighted by Crippen LogP contribution is -2.57. The summed E-state index contributed by atoms with van der Waals surface area (Å²) in [7, 11) is 1.39. The molecular formula is C13H16F3NO2. The highest BCUT2D eigenvalue weighted by molar-refractivity contribution is 5.91. The van der Waals surface area contributed by atoms with Crippen LogP contribution < -0.4 is 10.5 Å². The van der Waals surface area contributed by atoms with E-state index in [0.29, 0.717) is 18.2 Å². The molecule has 0 aromatic heterocycles. The Morgan fingerprint density at radius 1 is 1.37 bits per heavy atom. The second-order valence-electron chi connectivity index (χ2n) is 4.62. The maximum Gasteiger partial charge on any atom is 0.413 e. The summed E-state index contributed by atoms with van der Waals surface area (Å²) in [5, 5.41) is 0. The molecule has 0 heterocycles. The minimum atomic E-state index is -4.78. The monoisotopic (exact) mass is 275 g/mol. The number of halogens is 3. The molecule has 0 aliphatic heterocycles. The van der Waals surface area contributed by atoms with Crippen molar-refractivity contribution in [2.45, 2.75) is 32.0 Å². The largest absolute Gasteiger partial charge is 0.496 e. The van der Waals surface area contributed by atoms with Crippen LogP contribution in [0, 0.1) is 6.92 Å². The number of ether oxygens (including phenoxy) is 1. The molecule has 0 bridgehead atoms. The number of carbonyl (C=O) groups excluding carboxylic acids is 1. The summed E-state index contributed by atoms with van der Waals surface area (Å²) in [4.78, 5) is 11.8. The predicted octanol–water partition coefficient (Wildman–Crippen LogP) is 2.39. The molecule has 0 amide bonds. The summed E-state index contributed by atoms with van der Waals surface area (Å²) in [6.07, 6.45) is -5.20. The number of benzene rings is 1. The fourth-order valence-corrected chi connectivity index (χ4v) is 1.56. The number of methoxy groups -OCH3 is 1. The Morgan fingerprint density at radius 2 is 1.95 bits per heavy atom. The molecule has 0 spiro atoms. The first-order chi connectivity index (χ1) is 8.59. The van der Waals surface area contributed by atoms with Gasteiger partial charge in [0.25, 0.3) is 0 Å². The van der Waals surface area contributed by atoms with E-state index in [9.17, 15) is 18.0 Å². The third-order valence-electron chi connectivity index (χ3n) is 2.96. The van der Waals surface area contributed by atoms with Gasteiger partial charge in [-0.25, -0.2) is 0 Å². The van der Waals surface area contributed by atoms with Crippen molar-refractivity contribution in [2.75, 3.05) is 7.11 Å². The number of ketones is 1. The fourth-order valence-electron chi connectivity index (χ4n) is 1.56. The summed E-state index contributed by atoms with van der Waals surface area (Å²) in [6, 6.07) is 4.97. The van der Waals surface area contributed by atoms with Gasteiger partial charge in [-0.15, -0.1) is 0 Å². The normalized spacial score (nSPS) is 14.9. The molecule has 0 radical (unpaired) electrons. The zero-order valence-corrected chi connectivity index (χ0v) is 11.0. The summed E-state index contributed by atoms with van der Waals surface area (Å²) in [5.74, 6) is -0.721. The van der Waals surface area contributed by atoms with Crippen LogP contribution in [0.15, 0.2) is 18.2 Å². The predicted molar refractivity (Wildman–Crippen MR) is 65.1 cm³/mol. The van der Waals surface area contributed by atoms with E-state index in [1.807, 2.05) is 0 Å². The van der Waals surface area contributed by atoms with Gasteiger partial charge in [-0.3, -0.25) is 4.79 Å². The van der Waals surface area contributed by atoms with Crippen LogP contribution in [-0.2, 0) is 11.2 Å². The molecule has 1 rings (SSSR count). The van der Waals surface area contributed by atoms with E-state index in [-0.39, 0.29) is 0 Å². The average molecular weight is 275 g/mol. The topological polar surface area (TPSA) is 52.3 Å². The molecule has 2 N–H and O–H groups in total. The second kappa shape index (κ2) is 5.21. The number of rotatable bonds is 4. The molecule has 0 fully saturated rings. The van der Waals surface area contributed by atoms with Crippen LogP contribution >= 0.6 is 0 Å². The van der Waals surface area contributed by atoms with E-state index >= 15 is 0 Å². The standard InChI is InChI=1S/C13H16F3NO2/c1-8-4-5-10(19-3)9(6-8)7-11(18)12(2,17)13(14,15)16/h4-6H,7,17H2,1-3H3. The highest BCUT2D eigenvalue weighted by Crippen LogP contribution is 2.31. The van der Waals surface area contributed by atoms with Crippen LogP contribution in [0.3, 0.4) is 0 Å². The molecule has 1 atom stereocenters. The van der Waals surface area contributed by atoms with E-state index in [4.69, 9.17) is 10.5 Å². The van der Waals surface area contributed by atoms with Gasteiger partial charge >= 0.3 is 6.18 Å². The Morgan fingerprint density at radius 3 is 2.42 bits per heavy atom. The van der Waals surface area contributed by atoms with Crippen molar-refractivity contribution in [3.63, 3.8) is 0 Å². The molecule has 106 valence electrons. The van der Waals surface area contributed by atoms with Crippen molar-refractivity contribution in [1.82, 2.24) is 0 Å². The van der Waals surface area contributed by atoms with E-state index < -0.39 is 23.9 Å². The van der Waals surface area contributed by atoms with Crippen molar-refractivity contribution in [3.8, 4) is 5.75 Å². The smallest absolute Gasteiger partial charge is 0.413 e. The molecule has 3 nitrogen and oxygen atoms in total. The van der Waals surface area contributed by atoms with Crippen LogP contribution in [0.2, 0.25) is 0 Å². The molecule has 0 aliphatic rings. The molecule has 0 saturated heterocycles. The van der Waals surface area contributed by atoms with Crippen molar-refractivity contribution in [1.29, 1.82) is 0 Å². The molecule has 0 aliphatic carbocycles. The van der Waals surface area contributed by atoms with Crippen molar-refractivity contribution < 1.29 is 22.7 Å². The van der Waals surface area contributed by atoms with Crippen LogP contribution in [0.25, 0.3) is 0 Å². The van der Waals surface area contributed by atoms with Crippen molar-refractivity contribution >= 4 is 5.78 Å². The SMILES string of the molecule is COc1ccc(C)cc1CC(=O)C(C)(N)C(F)(F)F. The van der Waals surface area contributed by atoms with Gasteiger partial charge in [0.1, 0.15) is 5.75 Å². The highest BCUT2D eigenvalue weighted by Gasteiger charge is 2.53. The lowest BCUT2D eigenvalue weighted by atomic mass is 9.91. The minimum absolute atomic E-state index is 0.372. The first kappa shape index (κ1) is 15.5. The number of Topliss-reactive ketones (excluding diaryl/α,β-unsaturated/α-hetero) is 1. The number of nitrogens with two attached hydrogens (primary N) is 1. The first-order valence-electron chi connectivity index (χ1n) is 5.62. The Kier molecular flexibility index (Phi) is 4.25. The molecule has 1 aromatic carbocycles. The second-order valence-corrected chi connectivity index (χ2v) is 4.62. The zero-order chi connectivity index (χ0) is 14.8. The van der Waals surface area contributed by atoms with Crippen molar-refractivity contribution in [2.24, 2.45) is 5.73 Å². The molecule has 1 unspecified atom stereocenters. The van der Waals surface area contributed by atoms with Gasteiger partial charge in [-0.1, -0.05) is 17.7 Å². The van der Waals surface area contributed by atoms with E-state index in [2.05, 4.69) is 0 Å². The Hall–Kier alpha value is -1.56. The molecule has 1 aromatic rings. The lowest BCUT2D eigenvalue weighted by Gasteiger charge is -2.26. The van der Waals surface area contributed by atoms with Gasteiger partial charge in [0.15, 0.2) is 11.3 Å². The van der Waals surface area contributed by atoms with Gasteiger partial charge < -0.3 is 10.5 Å². The molecule has 0 saturated carbocycles. The van der Waals surface area contributed by atoms with Crippen LogP contribution in [0.4, 0.5) is 13.2 Å². The van der Waals surface area contributed by atoms with E-state index in [1.165, 1.54) is 7.11 Å². The number of alkyl halides is 3. The van der Waals surface area contributed by atoms with Gasteiger partial charge in [0.2, 0.25) is 0 Å². The number of hydrogen-bond donors (Lipinski definition) is 1. The number of hydrogen-bond acceptors (Lipinski definition) is 3. The lowest BCUT2D eigenvalue weighted by molar-refractivity contribution is -0.185. The maximum absolute atomic E-state index is 12.7. The quantitative estimate of drug-likeness (QED) is 0.918.